The first-order chi connectivity index (χ1) is 13.2. The lowest BCUT2D eigenvalue weighted by Gasteiger charge is -2.20. The summed E-state index contributed by atoms with van der Waals surface area (Å²) in [6.45, 7) is 2.21. The number of rotatable bonds is 4. The van der Waals surface area contributed by atoms with E-state index in [0.29, 0.717) is 17.0 Å². The first kappa shape index (κ1) is 17.9. The van der Waals surface area contributed by atoms with E-state index in [1.54, 1.807) is 0 Å². The minimum Gasteiger partial charge on any atom is -0.454 e. The number of amides is 1. The van der Waals surface area contributed by atoms with Crippen molar-refractivity contribution in [2.24, 2.45) is 5.92 Å². The molecule has 0 spiro atoms. The molecular formula is C21H22N2O3S. The van der Waals surface area contributed by atoms with Crippen molar-refractivity contribution >= 4 is 22.2 Å². The number of thiophene rings is 1. The second-order valence-electron chi connectivity index (χ2n) is 7.15. The van der Waals surface area contributed by atoms with Crippen molar-refractivity contribution < 1.29 is 14.3 Å². The molecule has 1 fully saturated rings. The SMILES string of the molecule is Cc1c(Cc2ccc3c(c2)OCO3)sc(NC(=O)C2CCCCC2)c1C#N. The summed E-state index contributed by atoms with van der Waals surface area (Å²) in [5.41, 5.74) is 2.62. The number of nitrogens with zero attached hydrogens (tertiary/aromatic N) is 1. The Balaban J connectivity index is 1.54. The summed E-state index contributed by atoms with van der Waals surface area (Å²) in [6, 6.07) is 8.18. The molecule has 1 amide bonds. The van der Waals surface area contributed by atoms with Crippen molar-refractivity contribution in [3.63, 3.8) is 0 Å². The minimum atomic E-state index is 0.0575. The molecule has 27 heavy (non-hydrogen) atoms. The lowest BCUT2D eigenvalue weighted by atomic mass is 9.89. The maximum atomic E-state index is 12.6. The number of nitrogens with one attached hydrogen (secondary N) is 1. The van der Waals surface area contributed by atoms with Crippen molar-refractivity contribution in [1.82, 2.24) is 0 Å². The number of nitriles is 1. The molecular weight excluding hydrogens is 360 g/mol. The number of hydrogen-bond donors (Lipinski definition) is 1. The predicted octanol–water partition coefficient (Wildman–Crippen LogP) is 4.77. The van der Waals surface area contributed by atoms with Gasteiger partial charge in [0.15, 0.2) is 11.5 Å². The van der Waals surface area contributed by atoms with E-state index in [2.05, 4.69) is 11.4 Å². The van der Waals surface area contributed by atoms with Crippen LogP contribution in [0.5, 0.6) is 11.5 Å². The van der Waals surface area contributed by atoms with Crippen molar-refractivity contribution in [1.29, 1.82) is 5.26 Å². The van der Waals surface area contributed by atoms with E-state index in [1.165, 1.54) is 17.8 Å². The maximum absolute atomic E-state index is 12.6. The third-order valence-electron chi connectivity index (χ3n) is 5.37. The summed E-state index contributed by atoms with van der Waals surface area (Å²) in [5.74, 6) is 1.65. The Morgan fingerprint density at radius 1 is 1.26 bits per heavy atom. The van der Waals surface area contributed by atoms with Gasteiger partial charge in [-0.15, -0.1) is 11.3 Å². The minimum absolute atomic E-state index is 0.0575. The molecule has 5 nitrogen and oxygen atoms in total. The number of hydrogen-bond acceptors (Lipinski definition) is 5. The number of fused-ring (bicyclic) bond motifs is 1. The number of ether oxygens (including phenoxy) is 2. The van der Waals surface area contributed by atoms with Gasteiger partial charge in [-0.2, -0.15) is 5.26 Å². The lowest BCUT2D eigenvalue weighted by Crippen LogP contribution is -2.24. The Morgan fingerprint density at radius 3 is 2.81 bits per heavy atom. The van der Waals surface area contributed by atoms with Gasteiger partial charge in [-0.3, -0.25) is 4.79 Å². The third-order valence-corrected chi connectivity index (χ3v) is 6.58. The molecule has 0 atom stereocenters. The average Bonchev–Trinajstić information content (AvgIpc) is 3.26. The Bertz CT molecular complexity index is 907. The fraction of sp³-hybridized carbons (Fsp3) is 0.429. The molecule has 4 rings (SSSR count). The van der Waals surface area contributed by atoms with Crippen LogP contribution in [0.2, 0.25) is 0 Å². The van der Waals surface area contributed by atoms with Crippen molar-refractivity contribution in [3.05, 3.63) is 39.8 Å². The molecule has 1 aromatic carbocycles. The van der Waals surface area contributed by atoms with Crippen LogP contribution in [0.4, 0.5) is 5.00 Å². The molecule has 1 aliphatic heterocycles. The summed E-state index contributed by atoms with van der Waals surface area (Å²) in [4.78, 5) is 13.7. The summed E-state index contributed by atoms with van der Waals surface area (Å²) in [7, 11) is 0. The van der Waals surface area contributed by atoms with Crippen LogP contribution in [-0.4, -0.2) is 12.7 Å². The predicted molar refractivity (Wildman–Crippen MR) is 104 cm³/mol. The third kappa shape index (κ3) is 3.65. The smallest absolute Gasteiger partial charge is 0.231 e. The van der Waals surface area contributed by atoms with Gasteiger partial charge in [0.05, 0.1) is 5.56 Å². The molecule has 1 N–H and O–H groups in total. The van der Waals surface area contributed by atoms with Crippen LogP contribution in [0.3, 0.4) is 0 Å². The molecule has 2 heterocycles. The van der Waals surface area contributed by atoms with Gasteiger partial charge in [-0.25, -0.2) is 0 Å². The van der Waals surface area contributed by atoms with Gasteiger partial charge < -0.3 is 14.8 Å². The average molecular weight is 382 g/mol. The van der Waals surface area contributed by atoms with Crippen molar-refractivity contribution in [2.45, 2.75) is 45.4 Å². The van der Waals surface area contributed by atoms with E-state index in [0.717, 1.165) is 53.2 Å². The fourth-order valence-corrected chi connectivity index (χ4v) is 4.96. The van der Waals surface area contributed by atoms with E-state index in [-0.39, 0.29) is 18.6 Å². The Kier molecular flexibility index (Phi) is 5.04. The molecule has 0 radical (unpaired) electrons. The highest BCUT2D eigenvalue weighted by Gasteiger charge is 2.24. The van der Waals surface area contributed by atoms with Crippen molar-refractivity contribution in [3.8, 4) is 17.6 Å². The van der Waals surface area contributed by atoms with Gasteiger partial charge in [0, 0.05) is 17.2 Å². The molecule has 2 aliphatic rings. The highest BCUT2D eigenvalue weighted by atomic mass is 32.1. The van der Waals surface area contributed by atoms with E-state index < -0.39 is 0 Å². The van der Waals surface area contributed by atoms with E-state index in [9.17, 15) is 10.1 Å². The molecule has 0 unspecified atom stereocenters. The molecule has 0 saturated heterocycles. The molecule has 2 aromatic rings. The zero-order valence-electron chi connectivity index (χ0n) is 15.3. The summed E-state index contributed by atoms with van der Waals surface area (Å²) in [5, 5.41) is 13.3. The molecule has 1 saturated carbocycles. The zero-order valence-corrected chi connectivity index (χ0v) is 16.2. The monoisotopic (exact) mass is 382 g/mol. The maximum Gasteiger partial charge on any atom is 0.231 e. The van der Waals surface area contributed by atoms with Crippen LogP contribution in [0, 0.1) is 24.2 Å². The first-order valence-corrected chi connectivity index (χ1v) is 10.2. The second-order valence-corrected chi connectivity index (χ2v) is 8.26. The number of benzene rings is 1. The largest absolute Gasteiger partial charge is 0.454 e. The van der Waals surface area contributed by atoms with Gasteiger partial charge in [-0.1, -0.05) is 25.3 Å². The van der Waals surface area contributed by atoms with Crippen LogP contribution in [-0.2, 0) is 11.2 Å². The normalized spacial score (nSPS) is 16.1. The molecule has 1 aliphatic carbocycles. The van der Waals surface area contributed by atoms with Crippen LogP contribution in [0.25, 0.3) is 0 Å². The summed E-state index contributed by atoms with van der Waals surface area (Å²) < 4.78 is 10.8. The second kappa shape index (κ2) is 7.61. The first-order valence-electron chi connectivity index (χ1n) is 9.37. The van der Waals surface area contributed by atoms with Crippen LogP contribution in [0.15, 0.2) is 18.2 Å². The topological polar surface area (TPSA) is 71.3 Å². The number of anilines is 1. The van der Waals surface area contributed by atoms with Crippen molar-refractivity contribution in [2.75, 3.05) is 12.1 Å². The van der Waals surface area contributed by atoms with E-state index in [1.807, 2.05) is 25.1 Å². The Hall–Kier alpha value is -2.52. The quantitative estimate of drug-likeness (QED) is 0.827. The van der Waals surface area contributed by atoms with E-state index >= 15 is 0 Å². The Labute approximate surface area is 162 Å². The van der Waals surface area contributed by atoms with Gasteiger partial charge in [-0.05, 0) is 43.0 Å². The molecule has 140 valence electrons. The Morgan fingerprint density at radius 2 is 2.04 bits per heavy atom. The molecule has 6 heteroatoms. The van der Waals surface area contributed by atoms with Gasteiger partial charge in [0.25, 0.3) is 0 Å². The molecule has 1 aromatic heterocycles. The van der Waals surface area contributed by atoms with Gasteiger partial charge in [0.2, 0.25) is 12.7 Å². The highest BCUT2D eigenvalue weighted by molar-refractivity contribution is 7.16. The standard InChI is InChI=1S/C21H22N2O3S/c1-13-16(11-22)21(23-20(24)15-5-3-2-4-6-15)27-19(13)10-14-7-8-17-18(9-14)26-12-25-17/h7-9,15H,2-6,10,12H2,1H3,(H,23,24). The summed E-state index contributed by atoms with van der Waals surface area (Å²) >= 11 is 1.50. The lowest BCUT2D eigenvalue weighted by molar-refractivity contribution is -0.120. The van der Waals surface area contributed by atoms with Gasteiger partial charge in [0.1, 0.15) is 11.1 Å². The van der Waals surface area contributed by atoms with E-state index in [4.69, 9.17) is 9.47 Å². The number of carbonyl (C=O) groups is 1. The highest BCUT2D eigenvalue weighted by Crippen LogP contribution is 2.37. The van der Waals surface area contributed by atoms with Crippen LogP contribution < -0.4 is 14.8 Å². The summed E-state index contributed by atoms with van der Waals surface area (Å²) in [6.07, 6.45) is 6.03. The zero-order chi connectivity index (χ0) is 18.8. The van der Waals surface area contributed by atoms with Crippen LogP contribution >= 0.6 is 11.3 Å². The van der Waals surface area contributed by atoms with Crippen LogP contribution in [0.1, 0.15) is 53.7 Å². The fourth-order valence-electron chi connectivity index (χ4n) is 3.77. The number of carbonyl (C=O) groups excluding carboxylic acids is 1. The molecule has 0 bridgehead atoms. The van der Waals surface area contributed by atoms with Gasteiger partial charge >= 0.3 is 0 Å².